The van der Waals surface area contributed by atoms with Crippen molar-refractivity contribution >= 4 is 17.4 Å². The van der Waals surface area contributed by atoms with E-state index in [1.165, 1.54) is 6.42 Å². The van der Waals surface area contributed by atoms with Crippen LogP contribution in [-0.4, -0.2) is 24.1 Å². The molecule has 1 aliphatic rings. The fourth-order valence-corrected chi connectivity index (χ4v) is 2.92. The third kappa shape index (κ3) is 4.33. The molecule has 0 amide bonds. The molecule has 1 N–H and O–H groups in total. The Balaban J connectivity index is 2.09. The molecule has 21 heavy (non-hydrogen) atoms. The van der Waals surface area contributed by atoms with Crippen LogP contribution in [0.4, 0.5) is 5.82 Å². The van der Waals surface area contributed by atoms with Crippen molar-refractivity contribution in [3.05, 3.63) is 22.8 Å². The molecule has 1 fully saturated rings. The second-order valence-corrected chi connectivity index (χ2v) is 7.84. The maximum Gasteiger partial charge on any atom is 0.128 e. The number of anilines is 1. The number of pyridine rings is 1. The monoisotopic (exact) mass is 309 g/mol. The topological polar surface area (TPSA) is 28.2 Å². The number of hydrogen-bond donors (Lipinski definition) is 1. The first kappa shape index (κ1) is 16.6. The van der Waals surface area contributed by atoms with E-state index < -0.39 is 0 Å². The summed E-state index contributed by atoms with van der Waals surface area (Å²) in [6.45, 7) is 14.2. The Bertz CT molecular complexity index is 479. The van der Waals surface area contributed by atoms with Crippen LogP contribution in [0.3, 0.4) is 0 Å². The highest BCUT2D eigenvalue weighted by atomic mass is 35.5. The second-order valence-electron chi connectivity index (χ2n) is 7.43. The van der Waals surface area contributed by atoms with E-state index in [-0.39, 0.29) is 0 Å². The molecular weight excluding hydrogens is 282 g/mol. The molecule has 1 saturated heterocycles. The summed E-state index contributed by atoms with van der Waals surface area (Å²) >= 11 is 6.27. The Morgan fingerprint density at radius 3 is 2.67 bits per heavy atom. The van der Waals surface area contributed by atoms with Gasteiger partial charge in [0.25, 0.3) is 0 Å². The number of rotatable bonds is 4. The fraction of sp³-hybridized carbons (Fsp3) is 0.706. The van der Waals surface area contributed by atoms with Crippen LogP contribution in [-0.2, 0) is 6.54 Å². The molecule has 0 aliphatic carbocycles. The first-order chi connectivity index (χ1) is 9.77. The van der Waals surface area contributed by atoms with Gasteiger partial charge in [0.15, 0.2) is 0 Å². The molecule has 3 nitrogen and oxygen atoms in total. The van der Waals surface area contributed by atoms with Gasteiger partial charge in [-0.25, -0.2) is 4.98 Å². The molecule has 0 aromatic carbocycles. The molecule has 0 spiro atoms. The largest absolute Gasteiger partial charge is 0.356 e. The molecular formula is C17H28ClN3. The van der Waals surface area contributed by atoms with Gasteiger partial charge in [-0.1, -0.05) is 46.2 Å². The quantitative estimate of drug-likeness (QED) is 0.907. The lowest BCUT2D eigenvalue weighted by Crippen LogP contribution is -2.27. The molecule has 1 aromatic heterocycles. The number of nitrogens with one attached hydrogen (secondary N) is 1. The van der Waals surface area contributed by atoms with Crippen LogP contribution in [0.2, 0.25) is 5.02 Å². The third-order valence-corrected chi connectivity index (χ3v) is 4.66. The number of nitrogens with zero attached hydrogens (tertiary/aromatic N) is 2. The molecule has 2 heterocycles. The highest BCUT2D eigenvalue weighted by Crippen LogP contribution is 2.35. The lowest BCUT2D eigenvalue weighted by molar-refractivity contribution is 0.263. The van der Waals surface area contributed by atoms with Crippen molar-refractivity contribution in [2.75, 3.05) is 18.0 Å². The number of hydrogen-bond acceptors (Lipinski definition) is 3. The lowest BCUT2D eigenvalue weighted by atomic mass is 9.80. The Morgan fingerprint density at radius 1 is 1.38 bits per heavy atom. The highest BCUT2D eigenvalue weighted by molar-refractivity contribution is 6.31. The maximum absolute atomic E-state index is 6.27. The summed E-state index contributed by atoms with van der Waals surface area (Å²) in [5, 5.41) is 4.14. The second kappa shape index (κ2) is 6.53. The summed E-state index contributed by atoms with van der Waals surface area (Å²) in [5.41, 5.74) is 1.31. The van der Waals surface area contributed by atoms with Crippen LogP contribution in [0.1, 0.15) is 46.7 Å². The number of halogens is 1. The molecule has 0 bridgehead atoms. The summed E-state index contributed by atoms with van der Waals surface area (Å²) in [6.07, 6.45) is 1.24. The average molecular weight is 310 g/mol. The zero-order chi connectivity index (χ0) is 15.6. The molecule has 4 heteroatoms. The molecule has 0 radical (unpaired) electrons. The summed E-state index contributed by atoms with van der Waals surface area (Å²) in [5.74, 6) is 1.79. The van der Waals surface area contributed by atoms with Crippen molar-refractivity contribution < 1.29 is 0 Å². The van der Waals surface area contributed by atoms with Crippen molar-refractivity contribution in [3.8, 4) is 0 Å². The van der Waals surface area contributed by atoms with Gasteiger partial charge in [-0.3, -0.25) is 0 Å². The zero-order valence-electron chi connectivity index (χ0n) is 13.9. The van der Waals surface area contributed by atoms with Crippen LogP contribution >= 0.6 is 11.6 Å². The minimum atomic E-state index is 0.364. The first-order valence-corrected chi connectivity index (χ1v) is 8.29. The van der Waals surface area contributed by atoms with Crippen LogP contribution in [0.5, 0.6) is 0 Å². The molecule has 1 aliphatic heterocycles. The van der Waals surface area contributed by atoms with E-state index in [9.17, 15) is 0 Å². The smallest absolute Gasteiger partial charge is 0.128 e. The minimum Gasteiger partial charge on any atom is -0.356 e. The van der Waals surface area contributed by atoms with Gasteiger partial charge in [0.05, 0.1) is 10.7 Å². The van der Waals surface area contributed by atoms with Crippen molar-refractivity contribution in [2.24, 2.45) is 11.3 Å². The van der Waals surface area contributed by atoms with Crippen LogP contribution in [0.25, 0.3) is 0 Å². The molecule has 1 atom stereocenters. The molecule has 1 aromatic rings. The Kier molecular flexibility index (Phi) is 5.15. The van der Waals surface area contributed by atoms with E-state index in [1.54, 1.807) is 0 Å². The Morgan fingerprint density at radius 2 is 2.10 bits per heavy atom. The van der Waals surface area contributed by atoms with E-state index in [2.05, 4.69) is 44.8 Å². The third-order valence-electron chi connectivity index (χ3n) is 4.32. The fourth-order valence-electron chi connectivity index (χ4n) is 2.75. The summed E-state index contributed by atoms with van der Waals surface area (Å²) in [4.78, 5) is 7.17. The van der Waals surface area contributed by atoms with Crippen molar-refractivity contribution in [3.63, 3.8) is 0 Å². The summed E-state index contributed by atoms with van der Waals surface area (Å²) < 4.78 is 0. The minimum absolute atomic E-state index is 0.364. The zero-order valence-corrected chi connectivity index (χ0v) is 14.7. The molecule has 1 unspecified atom stereocenters. The lowest BCUT2D eigenvalue weighted by Gasteiger charge is -2.27. The van der Waals surface area contributed by atoms with Gasteiger partial charge in [-0.2, -0.15) is 0 Å². The summed E-state index contributed by atoms with van der Waals surface area (Å²) in [7, 11) is 0. The average Bonchev–Trinajstić information content (AvgIpc) is 2.87. The van der Waals surface area contributed by atoms with Crippen molar-refractivity contribution in [1.82, 2.24) is 10.3 Å². The SMILES string of the molecule is CC(C)NCc1nc(N2CCC(C(C)(C)C)C2)ccc1Cl. The van der Waals surface area contributed by atoms with Gasteiger partial charge in [-0.05, 0) is 29.9 Å². The van der Waals surface area contributed by atoms with Crippen LogP contribution in [0.15, 0.2) is 12.1 Å². The van der Waals surface area contributed by atoms with E-state index in [1.807, 2.05) is 12.1 Å². The predicted octanol–water partition coefficient (Wildman–Crippen LogP) is 4.11. The first-order valence-electron chi connectivity index (χ1n) is 7.91. The van der Waals surface area contributed by atoms with Gasteiger partial charge in [0.1, 0.15) is 5.82 Å². The molecule has 0 saturated carbocycles. The number of aromatic nitrogens is 1. The van der Waals surface area contributed by atoms with Gasteiger partial charge in [0.2, 0.25) is 0 Å². The van der Waals surface area contributed by atoms with Gasteiger partial charge >= 0.3 is 0 Å². The Hall–Kier alpha value is -0.800. The van der Waals surface area contributed by atoms with Crippen molar-refractivity contribution in [2.45, 2.75) is 53.6 Å². The van der Waals surface area contributed by atoms with Gasteiger partial charge < -0.3 is 10.2 Å². The maximum atomic E-state index is 6.27. The normalized spacial score (nSPS) is 19.6. The van der Waals surface area contributed by atoms with Gasteiger partial charge in [0, 0.05) is 25.7 Å². The summed E-state index contributed by atoms with van der Waals surface area (Å²) in [6, 6.07) is 4.46. The van der Waals surface area contributed by atoms with Crippen molar-refractivity contribution in [1.29, 1.82) is 0 Å². The van der Waals surface area contributed by atoms with Gasteiger partial charge in [-0.15, -0.1) is 0 Å². The van der Waals surface area contributed by atoms with E-state index >= 15 is 0 Å². The van der Waals surface area contributed by atoms with E-state index in [0.29, 0.717) is 11.5 Å². The van der Waals surface area contributed by atoms with Crippen LogP contribution in [0, 0.1) is 11.3 Å². The van der Waals surface area contributed by atoms with E-state index in [4.69, 9.17) is 16.6 Å². The molecule has 118 valence electrons. The predicted molar refractivity (Wildman–Crippen MR) is 91.0 cm³/mol. The highest BCUT2D eigenvalue weighted by Gasteiger charge is 2.32. The Labute approximate surface area is 134 Å². The van der Waals surface area contributed by atoms with Crippen LogP contribution < -0.4 is 10.2 Å². The molecule has 2 rings (SSSR count). The standard InChI is InChI=1S/C17H28ClN3/c1-12(2)19-10-15-14(18)6-7-16(20-15)21-9-8-13(11-21)17(3,4)5/h6-7,12-13,19H,8-11H2,1-5H3. The van der Waals surface area contributed by atoms with E-state index in [0.717, 1.165) is 42.1 Å².